The number of ketones is 1. The quantitative estimate of drug-likeness (QED) is 0.798. The molecule has 1 aliphatic rings. The molecule has 0 atom stereocenters. The molecule has 1 saturated carbocycles. The van der Waals surface area contributed by atoms with E-state index in [2.05, 4.69) is 0 Å². The molecule has 4 nitrogen and oxygen atoms in total. The number of carboxylic acid groups (broad SMARTS) is 1. The topological polar surface area (TPSA) is 67.5 Å². The van der Waals surface area contributed by atoms with E-state index in [1.807, 2.05) is 0 Å². The third-order valence-electron chi connectivity index (χ3n) is 3.07. The fraction of sp³-hybridized carbons (Fsp3) is 0.500. The summed E-state index contributed by atoms with van der Waals surface area (Å²) in [4.78, 5) is 22.6. The van der Waals surface area contributed by atoms with Gasteiger partial charge >= 0.3 is 5.97 Å². The molecule has 0 aliphatic heterocycles. The largest absolute Gasteiger partial charge is 0.475 e. The average molecular weight is 222 g/mol. The monoisotopic (exact) mass is 222 g/mol. The number of Topliss-reactive ketones (excluding diaryl/α,β-unsaturated/α-hetero) is 1. The Balaban J connectivity index is 2.10. The number of carboxylic acids is 1. The number of furan rings is 1. The first-order valence-electron chi connectivity index (χ1n) is 5.54. The van der Waals surface area contributed by atoms with E-state index < -0.39 is 5.97 Å². The smallest absolute Gasteiger partial charge is 0.371 e. The second-order valence-electron chi connectivity index (χ2n) is 4.20. The van der Waals surface area contributed by atoms with Crippen molar-refractivity contribution in [1.82, 2.24) is 0 Å². The van der Waals surface area contributed by atoms with Crippen molar-refractivity contribution < 1.29 is 19.1 Å². The van der Waals surface area contributed by atoms with Gasteiger partial charge < -0.3 is 9.52 Å². The van der Waals surface area contributed by atoms with Gasteiger partial charge in [0.05, 0.1) is 5.56 Å². The minimum absolute atomic E-state index is 0.0240. The zero-order chi connectivity index (χ0) is 11.5. The van der Waals surface area contributed by atoms with Crippen molar-refractivity contribution >= 4 is 11.8 Å². The third-order valence-corrected chi connectivity index (χ3v) is 3.07. The molecule has 2 rings (SSSR count). The summed E-state index contributed by atoms with van der Waals surface area (Å²) in [5.74, 6) is -1.23. The summed E-state index contributed by atoms with van der Waals surface area (Å²) in [5, 5.41) is 8.69. The van der Waals surface area contributed by atoms with Gasteiger partial charge in [-0.25, -0.2) is 4.79 Å². The lowest BCUT2D eigenvalue weighted by molar-refractivity contribution is 0.0662. The molecule has 0 radical (unpaired) electrons. The van der Waals surface area contributed by atoms with Gasteiger partial charge in [0.15, 0.2) is 5.78 Å². The van der Waals surface area contributed by atoms with Crippen LogP contribution in [-0.2, 0) is 0 Å². The van der Waals surface area contributed by atoms with Crippen LogP contribution >= 0.6 is 0 Å². The Morgan fingerprint density at radius 2 is 1.94 bits per heavy atom. The molecular weight excluding hydrogens is 208 g/mol. The van der Waals surface area contributed by atoms with Gasteiger partial charge in [-0.1, -0.05) is 19.3 Å². The molecule has 16 heavy (non-hydrogen) atoms. The minimum atomic E-state index is -1.14. The molecule has 1 aromatic rings. The van der Waals surface area contributed by atoms with E-state index in [0.717, 1.165) is 25.7 Å². The highest BCUT2D eigenvalue weighted by atomic mass is 16.4. The Kier molecular flexibility index (Phi) is 3.08. The van der Waals surface area contributed by atoms with Crippen molar-refractivity contribution in [3.05, 3.63) is 23.7 Å². The highest BCUT2D eigenvalue weighted by Gasteiger charge is 2.24. The summed E-state index contributed by atoms with van der Waals surface area (Å²) in [6.07, 6.45) is 6.43. The fourth-order valence-corrected chi connectivity index (χ4v) is 2.18. The lowest BCUT2D eigenvalue weighted by Gasteiger charge is -2.19. The van der Waals surface area contributed by atoms with Gasteiger partial charge in [-0.2, -0.15) is 0 Å². The van der Waals surface area contributed by atoms with Gasteiger partial charge in [0.2, 0.25) is 5.76 Å². The molecule has 0 saturated heterocycles. The van der Waals surface area contributed by atoms with Crippen LogP contribution < -0.4 is 0 Å². The Morgan fingerprint density at radius 1 is 1.25 bits per heavy atom. The van der Waals surface area contributed by atoms with Crippen molar-refractivity contribution in [2.45, 2.75) is 32.1 Å². The Morgan fingerprint density at radius 3 is 2.50 bits per heavy atom. The molecule has 1 aromatic heterocycles. The third kappa shape index (κ3) is 2.15. The molecule has 4 heteroatoms. The number of carbonyl (C=O) groups is 2. The van der Waals surface area contributed by atoms with Gasteiger partial charge in [-0.05, 0) is 12.8 Å². The maximum absolute atomic E-state index is 12.0. The molecule has 1 heterocycles. The molecule has 0 spiro atoms. The van der Waals surface area contributed by atoms with E-state index in [1.165, 1.54) is 18.8 Å². The zero-order valence-electron chi connectivity index (χ0n) is 8.94. The van der Waals surface area contributed by atoms with Gasteiger partial charge in [0, 0.05) is 12.0 Å². The number of hydrogen-bond donors (Lipinski definition) is 1. The van der Waals surface area contributed by atoms with Crippen LogP contribution in [-0.4, -0.2) is 16.9 Å². The zero-order valence-corrected chi connectivity index (χ0v) is 8.94. The summed E-state index contributed by atoms with van der Waals surface area (Å²) in [6, 6.07) is 1.32. The Labute approximate surface area is 93.3 Å². The predicted molar refractivity (Wildman–Crippen MR) is 56.6 cm³/mol. The van der Waals surface area contributed by atoms with Crippen LogP contribution in [0.1, 0.15) is 53.0 Å². The number of carbonyl (C=O) groups excluding carboxylic acids is 1. The maximum Gasteiger partial charge on any atom is 0.371 e. The van der Waals surface area contributed by atoms with E-state index in [4.69, 9.17) is 9.52 Å². The highest BCUT2D eigenvalue weighted by Crippen LogP contribution is 2.27. The Hall–Kier alpha value is -1.58. The summed E-state index contributed by atoms with van der Waals surface area (Å²) < 4.78 is 4.82. The fourth-order valence-electron chi connectivity index (χ4n) is 2.18. The van der Waals surface area contributed by atoms with Crippen LogP contribution in [0.15, 0.2) is 16.7 Å². The number of rotatable bonds is 3. The molecule has 0 unspecified atom stereocenters. The van der Waals surface area contributed by atoms with Crippen molar-refractivity contribution in [2.24, 2.45) is 5.92 Å². The molecule has 0 amide bonds. The van der Waals surface area contributed by atoms with Crippen LogP contribution in [0.2, 0.25) is 0 Å². The molecule has 0 aromatic carbocycles. The molecule has 86 valence electrons. The average Bonchev–Trinajstić information content (AvgIpc) is 2.78. The van der Waals surface area contributed by atoms with E-state index in [0.29, 0.717) is 5.56 Å². The van der Waals surface area contributed by atoms with Crippen LogP contribution in [0.25, 0.3) is 0 Å². The van der Waals surface area contributed by atoms with Crippen LogP contribution in [0.4, 0.5) is 0 Å². The van der Waals surface area contributed by atoms with E-state index in [-0.39, 0.29) is 17.5 Å². The maximum atomic E-state index is 12.0. The molecule has 0 bridgehead atoms. The highest BCUT2D eigenvalue weighted by molar-refractivity contribution is 5.99. The lowest BCUT2D eigenvalue weighted by Crippen LogP contribution is -2.17. The van der Waals surface area contributed by atoms with Crippen LogP contribution in [0.3, 0.4) is 0 Å². The minimum Gasteiger partial charge on any atom is -0.475 e. The van der Waals surface area contributed by atoms with Gasteiger partial charge in [0.25, 0.3) is 0 Å². The van der Waals surface area contributed by atoms with E-state index in [1.54, 1.807) is 0 Å². The number of aromatic carboxylic acids is 1. The van der Waals surface area contributed by atoms with E-state index >= 15 is 0 Å². The van der Waals surface area contributed by atoms with Gasteiger partial charge in [-0.15, -0.1) is 0 Å². The molecular formula is C12H14O4. The van der Waals surface area contributed by atoms with Crippen molar-refractivity contribution in [1.29, 1.82) is 0 Å². The number of hydrogen-bond acceptors (Lipinski definition) is 3. The summed E-state index contributed by atoms with van der Waals surface area (Å²) >= 11 is 0. The van der Waals surface area contributed by atoms with Crippen molar-refractivity contribution in [3.63, 3.8) is 0 Å². The Bertz CT molecular complexity index is 399. The first-order chi connectivity index (χ1) is 7.68. The summed E-state index contributed by atoms with van der Waals surface area (Å²) in [7, 11) is 0. The first kappa shape index (κ1) is 10.9. The van der Waals surface area contributed by atoms with Crippen LogP contribution in [0, 0.1) is 5.92 Å². The van der Waals surface area contributed by atoms with Gasteiger partial charge in [0.1, 0.15) is 6.26 Å². The standard InChI is InChI=1S/C12H14O4/c13-11(8-4-2-1-3-5-8)9-6-10(12(14)15)16-7-9/h6-8H,1-5H2,(H,14,15). The van der Waals surface area contributed by atoms with Crippen LogP contribution in [0.5, 0.6) is 0 Å². The summed E-state index contributed by atoms with van der Waals surface area (Å²) in [5.41, 5.74) is 0.393. The molecule has 1 aliphatic carbocycles. The second-order valence-corrected chi connectivity index (χ2v) is 4.20. The molecule has 1 fully saturated rings. The second kappa shape index (κ2) is 4.51. The SMILES string of the molecule is O=C(O)c1cc(C(=O)C2CCCCC2)co1. The molecule has 1 N–H and O–H groups in total. The van der Waals surface area contributed by atoms with Crippen molar-refractivity contribution in [3.8, 4) is 0 Å². The van der Waals surface area contributed by atoms with E-state index in [9.17, 15) is 9.59 Å². The predicted octanol–water partition coefficient (Wildman–Crippen LogP) is 2.74. The normalized spacial score (nSPS) is 17.2. The first-order valence-corrected chi connectivity index (χ1v) is 5.54. The van der Waals surface area contributed by atoms with Gasteiger partial charge in [-0.3, -0.25) is 4.79 Å². The lowest BCUT2D eigenvalue weighted by atomic mass is 9.84. The summed E-state index contributed by atoms with van der Waals surface area (Å²) in [6.45, 7) is 0. The van der Waals surface area contributed by atoms with Crippen molar-refractivity contribution in [2.75, 3.05) is 0 Å².